The molecule has 2 aromatic carbocycles. The van der Waals surface area contributed by atoms with Crippen LogP contribution >= 0.6 is 0 Å². The van der Waals surface area contributed by atoms with E-state index in [1.165, 1.54) is 24.3 Å². The number of nitrogens with one attached hydrogen (secondary N) is 1. The number of oxime groups is 1. The van der Waals surface area contributed by atoms with Crippen molar-refractivity contribution in [2.45, 2.75) is 0 Å². The van der Waals surface area contributed by atoms with Crippen molar-refractivity contribution in [1.82, 2.24) is 0 Å². The second kappa shape index (κ2) is 6.71. The van der Waals surface area contributed by atoms with E-state index >= 15 is 0 Å². The van der Waals surface area contributed by atoms with Crippen LogP contribution in [0.2, 0.25) is 0 Å². The molecule has 9 nitrogen and oxygen atoms in total. The third-order valence-corrected chi connectivity index (χ3v) is 3.51. The Morgan fingerprint density at radius 2 is 1.85 bits per heavy atom. The summed E-state index contributed by atoms with van der Waals surface area (Å²) in [6.45, 7) is 0. The second-order valence-corrected chi connectivity index (χ2v) is 5.17. The smallest absolute Gasteiger partial charge is 0.319 e. The lowest BCUT2D eigenvalue weighted by atomic mass is 9.98. The van der Waals surface area contributed by atoms with E-state index in [2.05, 4.69) is 9.99 Å². The first-order valence-electron chi connectivity index (χ1n) is 7.18. The molecule has 0 aliphatic carbocycles. The van der Waals surface area contributed by atoms with Crippen molar-refractivity contribution in [2.75, 3.05) is 5.32 Å². The van der Waals surface area contributed by atoms with Gasteiger partial charge in [0, 0.05) is 6.07 Å². The minimum absolute atomic E-state index is 0.0646. The zero-order valence-corrected chi connectivity index (χ0v) is 13.1. The molecule has 1 N–H and O–H groups in total. The van der Waals surface area contributed by atoms with Crippen molar-refractivity contribution >= 4 is 34.7 Å². The summed E-state index contributed by atoms with van der Waals surface area (Å²) in [5.41, 5.74) is -4.07. The highest BCUT2D eigenvalue weighted by Crippen LogP contribution is 2.33. The number of ketones is 1. The lowest BCUT2D eigenvalue weighted by Gasteiger charge is -2.17. The number of benzene rings is 2. The number of rotatable bonds is 3. The first-order chi connectivity index (χ1) is 12.8. The maximum absolute atomic E-state index is 14.3. The van der Waals surface area contributed by atoms with Gasteiger partial charge in [0.1, 0.15) is 0 Å². The van der Waals surface area contributed by atoms with Gasteiger partial charge in [-0.3, -0.25) is 19.7 Å². The van der Waals surface area contributed by atoms with Crippen molar-refractivity contribution in [3.63, 3.8) is 0 Å². The average molecular weight is 375 g/mol. The number of hydrogen-bond acceptors (Lipinski definition) is 7. The number of amides is 1. The van der Waals surface area contributed by atoms with Gasteiger partial charge in [0.25, 0.3) is 5.91 Å². The third-order valence-electron chi connectivity index (χ3n) is 3.51. The van der Waals surface area contributed by atoms with Gasteiger partial charge >= 0.3 is 11.7 Å². The summed E-state index contributed by atoms with van der Waals surface area (Å²) in [7, 11) is 0. The predicted octanol–water partition coefficient (Wildman–Crippen LogP) is 2.22. The molecule has 27 heavy (non-hydrogen) atoms. The fourth-order valence-corrected chi connectivity index (χ4v) is 2.30. The van der Waals surface area contributed by atoms with Gasteiger partial charge in [-0.15, -0.1) is 0 Å². The number of Topliss-reactive ketones (excluding diaryl/α,β-unsaturated/α-hetero) is 1. The number of halogens is 2. The number of anilines is 1. The zero-order chi connectivity index (χ0) is 19.7. The molecule has 0 radical (unpaired) electrons. The Kier molecular flexibility index (Phi) is 4.42. The molecule has 0 spiro atoms. The van der Waals surface area contributed by atoms with Crippen LogP contribution in [0.1, 0.15) is 20.7 Å². The Balaban J connectivity index is 1.98. The lowest BCUT2D eigenvalue weighted by molar-refractivity contribution is -0.390. The Bertz CT molecular complexity index is 1040. The summed E-state index contributed by atoms with van der Waals surface area (Å²) in [6.07, 6.45) is 0. The zero-order valence-electron chi connectivity index (χ0n) is 13.1. The van der Waals surface area contributed by atoms with Crippen molar-refractivity contribution in [3.8, 4) is 0 Å². The summed E-state index contributed by atoms with van der Waals surface area (Å²) >= 11 is 0. The second-order valence-electron chi connectivity index (χ2n) is 5.17. The van der Waals surface area contributed by atoms with Gasteiger partial charge in [-0.05, 0) is 12.1 Å². The van der Waals surface area contributed by atoms with Crippen LogP contribution < -0.4 is 5.32 Å². The molecule has 1 amide bonds. The average Bonchev–Trinajstić information content (AvgIpc) is 2.61. The largest absolute Gasteiger partial charge is 0.365 e. The minimum atomic E-state index is -1.78. The molecule has 3 rings (SSSR count). The maximum Gasteiger partial charge on any atom is 0.365 e. The maximum atomic E-state index is 14.3. The molecular formula is C16H7F2N3O6. The van der Waals surface area contributed by atoms with Crippen LogP contribution in [0.4, 0.5) is 20.2 Å². The summed E-state index contributed by atoms with van der Waals surface area (Å²) in [4.78, 5) is 50.0. The molecule has 11 heteroatoms. The monoisotopic (exact) mass is 375 g/mol. The molecular weight excluding hydrogens is 368 g/mol. The number of nitrogens with zero attached hydrogens (tertiary/aromatic N) is 2. The highest BCUT2D eigenvalue weighted by Gasteiger charge is 2.39. The molecule has 0 saturated carbocycles. The lowest BCUT2D eigenvalue weighted by Crippen LogP contribution is -2.37. The molecule has 2 aromatic rings. The summed E-state index contributed by atoms with van der Waals surface area (Å²) in [5, 5.41) is 15.9. The summed E-state index contributed by atoms with van der Waals surface area (Å²) in [6, 6.07) is 7.90. The molecule has 0 bridgehead atoms. The van der Waals surface area contributed by atoms with E-state index in [1.54, 1.807) is 6.07 Å². The van der Waals surface area contributed by atoms with E-state index in [0.717, 1.165) is 0 Å². The van der Waals surface area contributed by atoms with Gasteiger partial charge < -0.3 is 10.2 Å². The Morgan fingerprint density at radius 3 is 2.48 bits per heavy atom. The minimum Gasteiger partial charge on any atom is -0.319 e. The molecule has 0 fully saturated rings. The highest BCUT2D eigenvalue weighted by atomic mass is 19.1. The number of carbonyl (C=O) groups excluding carboxylic acids is 3. The van der Waals surface area contributed by atoms with Gasteiger partial charge in [0.2, 0.25) is 23.1 Å². The molecule has 1 aliphatic heterocycles. The standard InChI is InChI=1S/C16H7F2N3O6/c17-8-6-9-10(11(18)13(8)21(25)26)14(22)12(15(23)19-9)20-27-16(24)7-4-2-1-3-5-7/h1-6H,(H,19,23). The number of carbonyl (C=O) groups is 3. The van der Waals surface area contributed by atoms with E-state index < -0.39 is 56.9 Å². The molecule has 1 aliphatic rings. The SMILES string of the molecule is O=C1Nc2cc(F)c([N+](=O)[O-])c(F)c2C(=O)C1=NOC(=O)c1ccccc1. The number of hydrogen-bond donors (Lipinski definition) is 1. The Hall–Kier alpha value is -4.02. The van der Waals surface area contributed by atoms with Crippen LogP contribution in [-0.2, 0) is 9.63 Å². The van der Waals surface area contributed by atoms with Gasteiger partial charge in [-0.25, -0.2) is 4.79 Å². The predicted molar refractivity (Wildman–Crippen MR) is 85.3 cm³/mol. The van der Waals surface area contributed by atoms with E-state index in [0.29, 0.717) is 6.07 Å². The fourth-order valence-electron chi connectivity index (χ4n) is 2.30. The molecule has 136 valence electrons. The van der Waals surface area contributed by atoms with E-state index in [9.17, 15) is 33.3 Å². The van der Waals surface area contributed by atoms with Crippen molar-refractivity contribution < 1.29 is 32.9 Å². The molecule has 1 heterocycles. The van der Waals surface area contributed by atoms with Gasteiger partial charge in [-0.1, -0.05) is 23.4 Å². The highest BCUT2D eigenvalue weighted by molar-refractivity contribution is 6.72. The quantitative estimate of drug-likeness (QED) is 0.498. The Labute approximate surface area is 148 Å². The fraction of sp³-hybridized carbons (Fsp3) is 0. The molecule has 0 saturated heterocycles. The normalized spacial score (nSPS) is 14.5. The van der Waals surface area contributed by atoms with Crippen molar-refractivity contribution in [2.24, 2.45) is 5.16 Å². The van der Waals surface area contributed by atoms with Crippen LogP contribution in [0.15, 0.2) is 41.6 Å². The summed E-state index contributed by atoms with van der Waals surface area (Å²) in [5.74, 6) is -6.93. The van der Waals surface area contributed by atoms with Gasteiger partial charge in [0.15, 0.2) is 0 Å². The van der Waals surface area contributed by atoms with Crippen LogP contribution in [0, 0.1) is 21.7 Å². The van der Waals surface area contributed by atoms with Crippen molar-refractivity contribution in [3.05, 3.63) is 69.3 Å². The number of nitro groups is 1. The third kappa shape index (κ3) is 3.13. The van der Waals surface area contributed by atoms with Crippen LogP contribution in [0.3, 0.4) is 0 Å². The number of nitro benzene ring substituents is 1. The number of fused-ring (bicyclic) bond motifs is 1. The van der Waals surface area contributed by atoms with Crippen LogP contribution in [0.25, 0.3) is 0 Å². The van der Waals surface area contributed by atoms with E-state index in [1.807, 2.05) is 5.32 Å². The van der Waals surface area contributed by atoms with E-state index in [-0.39, 0.29) is 5.56 Å². The Morgan fingerprint density at radius 1 is 1.19 bits per heavy atom. The van der Waals surface area contributed by atoms with Gasteiger partial charge in [0.05, 0.1) is 21.7 Å². The first-order valence-corrected chi connectivity index (χ1v) is 7.18. The topological polar surface area (TPSA) is 128 Å². The molecule has 0 unspecified atom stereocenters. The molecule has 0 atom stereocenters. The van der Waals surface area contributed by atoms with E-state index in [4.69, 9.17) is 0 Å². The molecule has 0 aromatic heterocycles. The summed E-state index contributed by atoms with van der Waals surface area (Å²) < 4.78 is 27.9. The van der Waals surface area contributed by atoms with Crippen LogP contribution in [0.5, 0.6) is 0 Å². The van der Waals surface area contributed by atoms with Crippen molar-refractivity contribution in [1.29, 1.82) is 0 Å². The first kappa shape index (κ1) is 17.8. The van der Waals surface area contributed by atoms with Crippen LogP contribution in [-0.4, -0.2) is 28.3 Å². The van der Waals surface area contributed by atoms with Gasteiger partial charge in [-0.2, -0.15) is 8.78 Å².